The minimum Gasteiger partial charge on any atom is -0.456 e. The van der Waals surface area contributed by atoms with E-state index in [0.29, 0.717) is 11.6 Å². The maximum atomic E-state index is 6.01. The molecule has 1 saturated heterocycles. The normalized spacial score (nSPS) is 16.0. The molecule has 0 bridgehead atoms. The fourth-order valence-electron chi connectivity index (χ4n) is 3.50. The van der Waals surface area contributed by atoms with Gasteiger partial charge in [-0.05, 0) is 50.2 Å². The molecule has 0 spiro atoms. The van der Waals surface area contributed by atoms with E-state index in [-0.39, 0.29) is 0 Å². The predicted octanol–water partition coefficient (Wildman–Crippen LogP) is 3.52. The predicted molar refractivity (Wildman–Crippen MR) is 95.1 cm³/mol. The number of furan rings is 1. The zero-order valence-electron chi connectivity index (χ0n) is 13.9. The Labute approximate surface area is 145 Å². The third-order valence-electron chi connectivity index (χ3n) is 4.79. The Morgan fingerprint density at radius 2 is 1.88 bits per heavy atom. The van der Waals surface area contributed by atoms with Crippen molar-refractivity contribution in [3.05, 3.63) is 48.5 Å². The minimum absolute atomic E-state index is 0.600. The summed E-state index contributed by atoms with van der Waals surface area (Å²) in [5, 5.41) is 5.52. The Hall–Kier alpha value is -2.73. The molecule has 6 heteroatoms. The molecule has 4 aromatic rings. The summed E-state index contributed by atoms with van der Waals surface area (Å²) in [6.45, 7) is 3.17. The van der Waals surface area contributed by atoms with Gasteiger partial charge in [0.05, 0.1) is 12.1 Å². The molecule has 0 aliphatic carbocycles. The summed E-state index contributed by atoms with van der Waals surface area (Å²) in [6.07, 6.45) is 5.60. The van der Waals surface area contributed by atoms with Crippen molar-refractivity contribution in [3.8, 4) is 11.6 Å². The summed E-state index contributed by atoms with van der Waals surface area (Å²) in [6, 6.07) is 12.0. The molecule has 6 nitrogen and oxygen atoms in total. The Morgan fingerprint density at radius 3 is 2.80 bits per heavy atom. The van der Waals surface area contributed by atoms with Crippen LogP contribution in [0.4, 0.5) is 0 Å². The van der Waals surface area contributed by atoms with Crippen LogP contribution in [0, 0.1) is 0 Å². The maximum Gasteiger partial charge on any atom is 0.217 e. The van der Waals surface area contributed by atoms with Gasteiger partial charge in [0.25, 0.3) is 0 Å². The molecule has 25 heavy (non-hydrogen) atoms. The van der Waals surface area contributed by atoms with Gasteiger partial charge in [-0.1, -0.05) is 18.6 Å². The lowest BCUT2D eigenvalue weighted by atomic mass is 10.1. The molecule has 1 aliphatic rings. The Balaban J connectivity index is 1.47. The van der Waals surface area contributed by atoms with Gasteiger partial charge >= 0.3 is 0 Å². The topological polar surface area (TPSA) is 59.5 Å². The van der Waals surface area contributed by atoms with E-state index < -0.39 is 0 Å². The van der Waals surface area contributed by atoms with Gasteiger partial charge in [-0.15, -0.1) is 5.10 Å². The molecule has 1 aromatic carbocycles. The van der Waals surface area contributed by atoms with E-state index in [1.807, 2.05) is 36.4 Å². The van der Waals surface area contributed by atoms with Crippen LogP contribution in [0.25, 0.3) is 28.1 Å². The second-order valence-electron chi connectivity index (χ2n) is 6.57. The zero-order chi connectivity index (χ0) is 16.6. The summed E-state index contributed by atoms with van der Waals surface area (Å²) < 4.78 is 7.73. The molecule has 3 aromatic heterocycles. The second-order valence-corrected chi connectivity index (χ2v) is 6.57. The molecule has 0 amide bonds. The van der Waals surface area contributed by atoms with Gasteiger partial charge in [-0.2, -0.15) is 0 Å². The van der Waals surface area contributed by atoms with Crippen LogP contribution >= 0.6 is 0 Å². The summed E-state index contributed by atoms with van der Waals surface area (Å²) in [4.78, 5) is 11.5. The van der Waals surface area contributed by atoms with Crippen LogP contribution in [-0.4, -0.2) is 37.6 Å². The lowest BCUT2D eigenvalue weighted by Crippen LogP contribution is -2.28. The Kier molecular flexibility index (Phi) is 3.48. The van der Waals surface area contributed by atoms with Crippen LogP contribution in [0.1, 0.15) is 25.0 Å². The highest BCUT2D eigenvalue weighted by Crippen LogP contribution is 2.23. The first-order chi connectivity index (χ1) is 12.4. The largest absolute Gasteiger partial charge is 0.456 e. The number of piperidine rings is 1. The van der Waals surface area contributed by atoms with Gasteiger partial charge in [-0.25, -0.2) is 14.5 Å². The molecule has 1 aliphatic heterocycles. The Bertz CT molecular complexity index is 1030. The van der Waals surface area contributed by atoms with Gasteiger partial charge in [0, 0.05) is 5.39 Å². The number of likely N-dealkylation sites (tertiary alicyclic amines) is 1. The van der Waals surface area contributed by atoms with Gasteiger partial charge < -0.3 is 4.42 Å². The summed E-state index contributed by atoms with van der Waals surface area (Å²) in [5.74, 6) is 2.28. The van der Waals surface area contributed by atoms with Crippen molar-refractivity contribution in [2.75, 3.05) is 13.1 Å². The molecule has 0 atom stereocenters. The van der Waals surface area contributed by atoms with Crippen LogP contribution < -0.4 is 0 Å². The monoisotopic (exact) mass is 333 g/mol. The molecule has 0 N–H and O–H groups in total. The number of benzene rings is 1. The molecular weight excluding hydrogens is 314 g/mol. The van der Waals surface area contributed by atoms with Crippen LogP contribution in [0.15, 0.2) is 47.1 Å². The maximum absolute atomic E-state index is 6.01. The summed E-state index contributed by atoms with van der Waals surface area (Å²) in [7, 11) is 0. The lowest BCUT2D eigenvalue weighted by Gasteiger charge is -2.25. The second kappa shape index (κ2) is 5.97. The molecular formula is C19H19N5O. The highest BCUT2D eigenvalue weighted by molar-refractivity contribution is 5.91. The van der Waals surface area contributed by atoms with E-state index in [1.165, 1.54) is 19.3 Å². The average molecular weight is 333 g/mol. The Morgan fingerprint density at radius 1 is 1.00 bits per heavy atom. The number of nitrogens with zero attached hydrogens (tertiary/aromatic N) is 5. The smallest absolute Gasteiger partial charge is 0.217 e. The summed E-state index contributed by atoms with van der Waals surface area (Å²) in [5.41, 5.74) is 1.72. The van der Waals surface area contributed by atoms with E-state index in [9.17, 15) is 0 Å². The molecule has 0 saturated carbocycles. The number of hydrogen-bond donors (Lipinski definition) is 0. The van der Waals surface area contributed by atoms with Crippen LogP contribution in [-0.2, 0) is 6.54 Å². The molecule has 5 rings (SSSR count). The number of fused-ring (bicyclic) bond motifs is 3. The average Bonchev–Trinajstić information content (AvgIpc) is 3.29. The third kappa shape index (κ3) is 2.68. The van der Waals surface area contributed by atoms with Crippen molar-refractivity contribution in [2.24, 2.45) is 0 Å². The first-order valence-corrected chi connectivity index (χ1v) is 8.78. The van der Waals surface area contributed by atoms with E-state index in [1.54, 1.807) is 10.8 Å². The van der Waals surface area contributed by atoms with Gasteiger partial charge in [-0.3, -0.25) is 4.90 Å². The van der Waals surface area contributed by atoms with E-state index >= 15 is 0 Å². The highest BCUT2D eigenvalue weighted by Gasteiger charge is 2.16. The molecule has 0 unspecified atom stereocenters. The molecule has 126 valence electrons. The van der Waals surface area contributed by atoms with Gasteiger partial charge in [0.1, 0.15) is 12.1 Å². The van der Waals surface area contributed by atoms with Crippen molar-refractivity contribution in [1.29, 1.82) is 0 Å². The van der Waals surface area contributed by atoms with Crippen LogP contribution in [0.5, 0.6) is 0 Å². The lowest BCUT2D eigenvalue weighted by molar-refractivity contribution is 0.205. The SMILES string of the molecule is c1ccc2c(c1)ncn1nc(-c3ccc(CN4CCCCC4)o3)nc21. The number of rotatable bonds is 3. The molecule has 1 fully saturated rings. The fourth-order valence-corrected chi connectivity index (χ4v) is 3.50. The first kappa shape index (κ1) is 14.6. The minimum atomic E-state index is 0.600. The first-order valence-electron chi connectivity index (χ1n) is 8.78. The van der Waals surface area contributed by atoms with Gasteiger partial charge in [0.15, 0.2) is 11.4 Å². The van der Waals surface area contributed by atoms with Crippen molar-refractivity contribution in [2.45, 2.75) is 25.8 Å². The summed E-state index contributed by atoms with van der Waals surface area (Å²) >= 11 is 0. The quantitative estimate of drug-likeness (QED) is 0.574. The van der Waals surface area contributed by atoms with Gasteiger partial charge in [0.2, 0.25) is 5.82 Å². The highest BCUT2D eigenvalue weighted by atomic mass is 16.3. The van der Waals surface area contributed by atoms with Crippen LogP contribution in [0.3, 0.4) is 0 Å². The third-order valence-corrected chi connectivity index (χ3v) is 4.79. The molecule has 4 heterocycles. The van der Waals surface area contributed by atoms with Crippen molar-refractivity contribution < 1.29 is 4.42 Å². The standard InChI is InChI=1S/C19H19N5O/c1-4-10-23(11-5-1)12-14-8-9-17(25-14)18-21-19-15-6-2-3-7-16(15)20-13-24(19)22-18/h2-3,6-9,13H,1,4-5,10-12H2. The fraction of sp³-hybridized carbons (Fsp3) is 0.316. The van der Waals surface area contributed by atoms with Crippen molar-refractivity contribution >= 4 is 16.6 Å². The van der Waals surface area contributed by atoms with E-state index in [0.717, 1.165) is 41.9 Å². The zero-order valence-corrected chi connectivity index (χ0v) is 13.9. The number of para-hydroxylation sites is 1. The van der Waals surface area contributed by atoms with E-state index in [2.05, 4.69) is 20.0 Å². The van der Waals surface area contributed by atoms with Crippen molar-refractivity contribution in [1.82, 2.24) is 24.5 Å². The number of hydrogen-bond acceptors (Lipinski definition) is 5. The van der Waals surface area contributed by atoms with Crippen LogP contribution in [0.2, 0.25) is 0 Å². The molecule has 0 radical (unpaired) electrons. The van der Waals surface area contributed by atoms with E-state index in [4.69, 9.17) is 4.42 Å². The van der Waals surface area contributed by atoms with Crippen molar-refractivity contribution in [3.63, 3.8) is 0 Å². The number of aromatic nitrogens is 4.